The Bertz CT molecular complexity index is 1380. The summed E-state index contributed by atoms with van der Waals surface area (Å²) in [7, 11) is 0. The molecule has 0 unspecified atom stereocenters. The van der Waals surface area contributed by atoms with Gasteiger partial charge < -0.3 is 5.32 Å². The van der Waals surface area contributed by atoms with Crippen LogP contribution in [0.2, 0.25) is 0 Å². The van der Waals surface area contributed by atoms with Crippen molar-refractivity contribution in [3.8, 4) is 0 Å². The summed E-state index contributed by atoms with van der Waals surface area (Å²) in [6, 6.07) is 15.2. The van der Waals surface area contributed by atoms with Gasteiger partial charge in [-0.25, -0.2) is 9.97 Å². The number of aryl methyl sites for hydroxylation is 3. The van der Waals surface area contributed by atoms with Crippen molar-refractivity contribution in [2.75, 3.05) is 5.32 Å². The Balaban J connectivity index is 1.36. The van der Waals surface area contributed by atoms with Gasteiger partial charge in [-0.05, 0) is 38.5 Å². The number of hydrogen-bond donors (Lipinski definition) is 1. The van der Waals surface area contributed by atoms with Gasteiger partial charge in [0.1, 0.15) is 16.6 Å². The molecule has 2 amide bonds. The van der Waals surface area contributed by atoms with Crippen LogP contribution >= 0.6 is 11.3 Å². The van der Waals surface area contributed by atoms with E-state index in [2.05, 4.69) is 56.7 Å². The lowest BCUT2D eigenvalue weighted by molar-refractivity contribution is 0.0642. The van der Waals surface area contributed by atoms with Crippen molar-refractivity contribution >= 4 is 34.1 Å². The van der Waals surface area contributed by atoms with Crippen LogP contribution in [-0.2, 0) is 13.0 Å². The molecule has 1 N–H and O–H groups in total. The highest BCUT2D eigenvalue weighted by atomic mass is 32.1. The minimum atomic E-state index is -0.312. The smallest absolute Gasteiger partial charge is 0.261 e. The van der Waals surface area contributed by atoms with Crippen LogP contribution in [0, 0.1) is 20.8 Å². The van der Waals surface area contributed by atoms with Crippen LogP contribution in [0.3, 0.4) is 0 Å². The molecule has 170 valence electrons. The van der Waals surface area contributed by atoms with E-state index in [1.54, 1.807) is 24.3 Å². The average molecular weight is 471 g/mol. The van der Waals surface area contributed by atoms with Crippen molar-refractivity contribution in [2.45, 2.75) is 33.7 Å². The molecule has 1 aliphatic rings. The van der Waals surface area contributed by atoms with E-state index in [9.17, 15) is 9.59 Å². The summed E-state index contributed by atoms with van der Waals surface area (Å²) in [5.74, 6) is 0.706. The van der Waals surface area contributed by atoms with E-state index in [1.807, 2.05) is 13.8 Å². The molecule has 0 radical (unpaired) electrons. The monoisotopic (exact) mass is 470 g/mol. The van der Waals surface area contributed by atoms with Crippen molar-refractivity contribution in [3.05, 3.63) is 92.9 Å². The van der Waals surface area contributed by atoms with E-state index < -0.39 is 0 Å². The minimum absolute atomic E-state index is 0.0732. The first-order valence-electron chi connectivity index (χ1n) is 10.8. The van der Waals surface area contributed by atoms with Gasteiger partial charge in [-0.1, -0.05) is 53.3 Å². The van der Waals surface area contributed by atoms with E-state index in [0.717, 1.165) is 16.8 Å². The fourth-order valence-corrected chi connectivity index (χ4v) is 4.68. The second kappa shape index (κ2) is 8.75. The predicted octanol–water partition coefficient (Wildman–Crippen LogP) is 4.38. The van der Waals surface area contributed by atoms with Crippen LogP contribution in [0.4, 0.5) is 10.9 Å². The SMILES string of the molecule is Cc1ccc(Cc2c(C)nc(C)nc2Nc2nnc(CN3C(=O)c4ccccc4C3=O)s2)cc1. The van der Waals surface area contributed by atoms with Crippen molar-refractivity contribution < 1.29 is 9.59 Å². The molecule has 9 heteroatoms. The molecular weight excluding hydrogens is 448 g/mol. The molecule has 34 heavy (non-hydrogen) atoms. The fraction of sp³-hybridized carbons (Fsp3) is 0.200. The fourth-order valence-electron chi connectivity index (χ4n) is 3.95. The lowest BCUT2D eigenvalue weighted by Gasteiger charge is -2.13. The Morgan fingerprint density at radius 2 is 1.56 bits per heavy atom. The number of nitrogens with one attached hydrogen (secondary N) is 1. The third-order valence-electron chi connectivity index (χ3n) is 5.69. The zero-order valence-corrected chi connectivity index (χ0v) is 19.8. The lowest BCUT2D eigenvalue weighted by Crippen LogP contribution is -2.29. The number of imide groups is 1. The van der Waals surface area contributed by atoms with Crippen molar-refractivity contribution in [1.29, 1.82) is 0 Å². The molecule has 0 atom stereocenters. The van der Waals surface area contributed by atoms with Crippen molar-refractivity contribution in [1.82, 2.24) is 25.1 Å². The van der Waals surface area contributed by atoms with Crippen molar-refractivity contribution in [2.24, 2.45) is 0 Å². The third-order valence-corrected chi connectivity index (χ3v) is 6.51. The van der Waals surface area contributed by atoms with Gasteiger partial charge in [-0.15, -0.1) is 10.2 Å². The molecule has 0 fully saturated rings. The molecule has 0 aliphatic carbocycles. The highest BCUT2D eigenvalue weighted by Crippen LogP contribution is 2.29. The van der Waals surface area contributed by atoms with Crippen LogP contribution in [0.25, 0.3) is 0 Å². The van der Waals surface area contributed by atoms with E-state index in [0.29, 0.717) is 39.3 Å². The van der Waals surface area contributed by atoms with Crippen LogP contribution in [-0.4, -0.2) is 36.9 Å². The van der Waals surface area contributed by atoms with Gasteiger partial charge in [0.25, 0.3) is 11.8 Å². The zero-order chi connectivity index (χ0) is 23.8. The highest BCUT2D eigenvalue weighted by Gasteiger charge is 2.35. The Morgan fingerprint density at radius 1 is 0.882 bits per heavy atom. The van der Waals surface area contributed by atoms with Gasteiger partial charge in [0, 0.05) is 17.7 Å². The summed E-state index contributed by atoms with van der Waals surface area (Å²) in [5.41, 5.74) is 5.08. The summed E-state index contributed by atoms with van der Waals surface area (Å²) in [6.45, 7) is 5.95. The number of benzene rings is 2. The Hall–Kier alpha value is -3.98. The first kappa shape index (κ1) is 21.8. The summed E-state index contributed by atoms with van der Waals surface area (Å²) in [5, 5.41) is 12.8. The number of aromatic nitrogens is 4. The van der Waals surface area contributed by atoms with E-state index in [-0.39, 0.29) is 18.4 Å². The molecule has 0 saturated heterocycles. The second-order valence-corrected chi connectivity index (χ2v) is 9.28. The normalized spacial score (nSPS) is 12.9. The number of hydrogen-bond acceptors (Lipinski definition) is 8. The van der Waals surface area contributed by atoms with Gasteiger partial charge in [0.2, 0.25) is 5.13 Å². The molecule has 0 saturated carbocycles. The molecule has 3 heterocycles. The number of amides is 2. The molecule has 2 aromatic heterocycles. The first-order chi connectivity index (χ1) is 16.4. The summed E-state index contributed by atoms with van der Waals surface area (Å²) in [4.78, 5) is 35.6. The molecular formula is C25H22N6O2S. The Kier molecular flexibility index (Phi) is 5.62. The number of nitrogens with zero attached hydrogens (tertiary/aromatic N) is 5. The van der Waals surface area contributed by atoms with E-state index in [4.69, 9.17) is 0 Å². The predicted molar refractivity (Wildman–Crippen MR) is 129 cm³/mol. The maximum absolute atomic E-state index is 12.7. The topological polar surface area (TPSA) is 101 Å². The maximum Gasteiger partial charge on any atom is 0.261 e. The van der Waals surface area contributed by atoms with Crippen molar-refractivity contribution in [3.63, 3.8) is 0 Å². The lowest BCUT2D eigenvalue weighted by atomic mass is 10.0. The van der Waals surface area contributed by atoms with Gasteiger partial charge in [-0.3, -0.25) is 14.5 Å². The summed E-state index contributed by atoms with van der Waals surface area (Å²) in [6.07, 6.45) is 0.676. The molecule has 0 bridgehead atoms. The first-order valence-corrected chi connectivity index (χ1v) is 11.6. The van der Waals surface area contributed by atoms with Gasteiger partial charge in [-0.2, -0.15) is 0 Å². The Labute approximate surface area is 200 Å². The second-order valence-electron chi connectivity index (χ2n) is 8.21. The molecule has 5 rings (SSSR count). The van der Waals surface area contributed by atoms with Gasteiger partial charge in [0.15, 0.2) is 0 Å². The Morgan fingerprint density at radius 3 is 2.24 bits per heavy atom. The largest absolute Gasteiger partial charge is 0.314 e. The highest BCUT2D eigenvalue weighted by molar-refractivity contribution is 7.15. The van der Waals surface area contributed by atoms with E-state index >= 15 is 0 Å². The minimum Gasteiger partial charge on any atom is -0.314 e. The number of anilines is 2. The standard InChI is InChI=1S/C25H22N6O2S/c1-14-8-10-17(11-9-14)12-20-15(2)26-16(3)27-22(20)28-25-30-29-21(34-25)13-31-23(32)18-6-4-5-7-19(18)24(31)33/h4-11H,12-13H2,1-3H3,(H,26,27,28,30). The summed E-state index contributed by atoms with van der Waals surface area (Å²) >= 11 is 1.29. The molecule has 2 aromatic carbocycles. The maximum atomic E-state index is 12.7. The van der Waals surface area contributed by atoms with Gasteiger partial charge in [0.05, 0.1) is 17.7 Å². The number of carbonyl (C=O) groups is 2. The number of rotatable bonds is 6. The molecule has 8 nitrogen and oxygen atoms in total. The van der Waals surface area contributed by atoms with Crippen LogP contribution in [0.1, 0.15) is 53.9 Å². The third kappa shape index (κ3) is 4.17. The van der Waals surface area contributed by atoms with E-state index in [1.165, 1.54) is 21.8 Å². The van der Waals surface area contributed by atoms with Gasteiger partial charge >= 0.3 is 0 Å². The quantitative estimate of drug-likeness (QED) is 0.417. The summed E-state index contributed by atoms with van der Waals surface area (Å²) < 4.78 is 0. The zero-order valence-electron chi connectivity index (χ0n) is 19.0. The van der Waals surface area contributed by atoms with Crippen LogP contribution in [0.15, 0.2) is 48.5 Å². The van der Waals surface area contributed by atoms with Crippen LogP contribution < -0.4 is 5.32 Å². The number of carbonyl (C=O) groups excluding carboxylic acids is 2. The number of fused-ring (bicyclic) bond motifs is 1. The molecule has 0 spiro atoms. The van der Waals surface area contributed by atoms with Crippen LogP contribution in [0.5, 0.6) is 0 Å². The average Bonchev–Trinajstić information content (AvgIpc) is 3.35. The molecule has 1 aliphatic heterocycles. The molecule has 4 aromatic rings.